The van der Waals surface area contributed by atoms with Gasteiger partial charge in [0.1, 0.15) is 5.78 Å². The summed E-state index contributed by atoms with van der Waals surface area (Å²) < 4.78 is 0. The maximum atomic E-state index is 12.0. The van der Waals surface area contributed by atoms with E-state index in [1.807, 2.05) is 0 Å². The second kappa shape index (κ2) is 3.58. The largest absolute Gasteiger partial charge is 0.299 e. The summed E-state index contributed by atoms with van der Waals surface area (Å²) in [6, 6.07) is 0. The minimum absolute atomic E-state index is 0.0846. The summed E-state index contributed by atoms with van der Waals surface area (Å²) in [6.45, 7) is 8.70. The van der Waals surface area contributed by atoms with Crippen LogP contribution in [0.3, 0.4) is 0 Å². The summed E-state index contributed by atoms with van der Waals surface area (Å²) in [4.78, 5) is 12.0. The third-order valence-corrected chi connectivity index (χ3v) is 5.00. The Hall–Kier alpha value is -0.850. The first-order valence-electron chi connectivity index (χ1n) is 6.28. The van der Waals surface area contributed by atoms with Gasteiger partial charge in [0.25, 0.3) is 0 Å². The zero-order chi connectivity index (χ0) is 12.0. The molecule has 0 heterocycles. The molecule has 0 radical (unpaired) electrons. The van der Waals surface area contributed by atoms with Crippen molar-refractivity contribution < 1.29 is 4.79 Å². The fourth-order valence-corrected chi connectivity index (χ4v) is 3.06. The van der Waals surface area contributed by atoms with Gasteiger partial charge in [-0.2, -0.15) is 0 Å². The monoisotopic (exact) mass is 218 g/mol. The molecule has 2 aliphatic rings. The zero-order valence-electron chi connectivity index (χ0n) is 10.9. The summed E-state index contributed by atoms with van der Waals surface area (Å²) in [5.74, 6) is 0.433. The van der Waals surface area contributed by atoms with Crippen LogP contribution in [-0.4, -0.2) is 5.78 Å². The van der Waals surface area contributed by atoms with Crippen LogP contribution in [0.2, 0.25) is 0 Å². The lowest BCUT2D eigenvalue weighted by molar-refractivity contribution is -0.126. The van der Waals surface area contributed by atoms with E-state index in [1.54, 1.807) is 0 Å². The molecule has 1 heteroatoms. The smallest absolute Gasteiger partial charge is 0.139 e. The van der Waals surface area contributed by atoms with Crippen molar-refractivity contribution in [3.8, 4) is 0 Å². The van der Waals surface area contributed by atoms with E-state index in [-0.39, 0.29) is 10.8 Å². The minimum Gasteiger partial charge on any atom is -0.299 e. The van der Waals surface area contributed by atoms with Crippen molar-refractivity contribution in [2.75, 3.05) is 0 Å². The SMILES string of the molecule is CC1=CC=C([C@]2(C)CCC(=O)C2(C)C)CC1. The first kappa shape index (κ1) is 11.6. The van der Waals surface area contributed by atoms with Gasteiger partial charge < -0.3 is 0 Å². The number of carbonyl (C=O) groups is 1. The van der Waals surface area contributed by atoms with Gasteiger partial charge in [-0.25, -0.2) is 0 Å². The standard InChI is InChI=1S/C15H22O/c1-11-5-7-12(8-6-11)15(4)10-9-13(16)14(15,2)3/h5,7H,6,8-10H2,1-4H3/t15-/m0/s1. The van der Waals surface area contributed by atoms with E-state index in [2.05, 4.69) is 39.8 Å². The molecular formula is C15H22O. The van der Waals surface area contributed by atoms with E-state index in [9.17, 15) is 4.79 Å². The lowest BCUT2D eigenvalue weighted by atomic mass is 9.63. The van der Waals surface area contributed by atoms with E-state index >= 15 is 0 Å². The predicted molar refractivity (Wildman–Crippen MR) is 67.2 cm³/mol. The van der Waals surface area contributed by atoms with Crippen molar-refractivity contribution >= 4 is 5.78 Å². The molecule has 16 heavy (non-hydrogen) atoms. The maximum absolute atomic E-state index is 12.0. The van der Waals surface area contributed by atoms with Gasteiger partial charge in [0.15, 0.2) is 0 Å². The van der Waals surface area contributed by atoms with Crippen LogP contribution in [0.1, 0.15) is 53.4 Å². The molecule has 0 unspecified atom stereocenters. The van der Waals surface area contributed by atoms with Gasteiger partial charge in [0.2, 0.25) is 0 Å². The van der Waals surface area contributed by atoms with Gasteiger partial charge in [-0.15, -0.1) is 0 Å². The van der Waals surface area contributed by atoms with Gasteiger partial charge in [0.05, 0.1) is 0 Å². The van der Waals surface area contributed by atoms with Crippen molar-refractivity contribution in [2.45, 2.75) is 53.4 Å². The number of carbonyl (C=O) groups excluding carboxylic acids is 1. The number of hydrogen-bond acceptors (Lipinski definition) is 1. The van der Waals surface area contributed by atoms with Crippen LogP contribution in [0.25, 0.3) is 0 Å². The van der Waals surface area contributed by atoms with Crippen LogP contribution in [0, 0.1) is 10.8 Å². The van der Waals surface area contributed by atoms with Crippen molar-refractivity contribution in [1.82, 2.24) is 0 Å². The maximum Gasteiger partial charge on any atom is 0.139 e. The predicted octanol–water partition coefficient (Wildman–Crippen LogP) is 4.05. The molecule has 0 bridgehead atoms. The Labute approximate surface area is 98.6 Å². The highest BCUT2D eigenvalue weighted by molar-refractivity contribution is 5.88. The first-order valence-corrected chi connectivity index (χ1v) is 6.28. The van der Waals surface area contributed by atoms with Crippen LogP contribution >= 0.6 is 0 Å². The number of allylic oxidation sites excluding steroid dienone is 4. The molecule has 1 atom stereocenters. The number of hydrogen-bond donors (Lipinski definition) is 0. The number of ketones is 1. The Balaban J connectivity index is 2.37. The summed E-state index contributed by atoms with van der Waals surface area (Å²) in [5, 5.41) is 0. The first-order chi connectivity index (χ1) is 7.38. The third kappa shape index (κ3) is 1.49. The number of rotatable bonds is 1. The molecule has 0 aromatic carbocycles. The molecule has 0 N–H and O–H groups in total. The Morgan fingerprint density at radius 2 is 1.75 bits per heavy atom. The summed E-state index contributed by atoms with van der Waals surface area (Å²) in [7, 11) is 0. The van der Waals surface area contributed by atoms with Crippen LogP contribution in [0.15, 0.2) is 23.3 Å². The minimum atomic E-state index is -0.183. The average Bonchev–Trinajstić information content (AvgIpc) is 2.44. The molecule has 1 saturated carbocycles. The summed E-state index contributed by atoms with van der Waals surface area (Å²) >= 11 is 0. The highest BCUT2D eigenvalue weighted by Crippen LogP contribution is 2.56. The normalized spacial score (nSPS) is 33.6. The molecule has 0 spiro atoms. The molecule has 0 aromatic heterocycles. The molecular weight excluding hydrogens is 196 g/mol. The van der Waals surface area contributed by atoms with Gasteiger partial charge in [0, 0.05) is 17.3 Å². The fourth-order valence-electron chi connectivity index (χ4n) is 3.06. The van der Waals surface area contributed by atoms with Crippen LogP contribution < -0.4 is 0 Å². The van der Waals surface area contributed by atoms with Crippen LogP contribution in [0.5, 0.6) is 0 Å². The fraction of sp³-hybridized carbons (Fsp3) is 0.667. The molecule has 2 aliphatic carbocycles. The zero-order valence-corrected chi connectivity index (χ0v) is 10.9. The quantitative estimate of drug-likeness (QED) is 0.649. The van der Waals surface area contributed by atoms with Gasteiger partial charge in [-0.3, -0.25) is 4.79 Å². The van der Waals surface area contributed by atoms with Crippen LogP contribution in [0.4, 0.5) is 0 Å². The van der Waals surface area contributed by atoms with E-state index in [1.165, 1.54) is 11.1 Å². The highest BCUT2D eigenvalue weighted by atomic mass is 16.1. The molecule has 2 rings (SSSR count). The van der Waals surface area contributed by atoms with E-state index in [0.29, 0.717) is 5.78 Å². The molecule has 88 valence electrons. The van der Waals surface area contributed by atoms with Crippen molar-refractivity contribution in [1.29, 1.82) is 0 Å². The van der Waals surface area contributed by atoms with E-state index in [0.717, 1.165) is 25.7 Å². The molecule has 0 aliphatic heterocycles. The van der Waals surface area contributed by atoms with Gasteiger partial charge in [-0.05, 0) is 26.2 Å². The molecule has 0 amide bonds. The molecule has 1 fully saturated rings. The highest BCUT2D eigenvalue weighted by Gasteiger charge is 2.52. The lowest BCUT2D eigenvalue weighted by Gasteiger charge is -2.40. The van der Waals surface area contributed by atoms with Crippen molar-refractivity contribution in [3.05, 3.63) is 23.3 Å². The third-order valence-electron chi connectivity index (χ3n) is 5.00. The van der Waals surface area contributed by atoms with Gasteiger partial charge in [-0.1, -0.05) is 44.1 Å². The molecule has 0 aromatic rings. The summed E-state index contributed by atoms with van der Waals surface area (Å²) in [6.07, 6.45) is 8.56. The van der Waals surface area contributed by atoms with Crippen molar-refractivity contribution in [2.24, 2.45) is 10.8 Å². The molecule has 0 saturated heterocycles. The van der Waals surface area contributed by atoms with Crippen molar-refractivity contribution in [3.63, 3.8) is 0 Å². The summed E-state index contributed by atoms with van der Waals surface area (Å²) in [5.41, 5.74) is 2.84. The Kier molecular flexibility index (Phi) is 2.60. The number of Topliss-reactive ketones (excluding diaryl/α,β-unsaturated/α-hetero) is 1. The topological polar surface area (TPSA) is 17.1 Å². The second-order valence-electron chi connectivity index (χ2n) is 6.09. The van der Waals surface area contributed by atoms with E-state index < -0.39 is 0 Å². The second-order valence-corrected chi connectivity index (χ2v) is 6.09. The molecule has 1 nitrogen and oxygen atoms in total. The Morgan fingerprint density at radius 1 is 1.06 bits per heavy atom. The Morgan fingerprint density at radius 3 is 2.19 bits per heavy atom. The Bertz CT molecular complexity index is 384. The van der Waals surface area contributed by atoms with Gasteiger partial charge >= 0.3 is 0 Å². The van der Waals surface area contributed by atoms with Crippen LogP contribution in [-0.2, 0) is 4.79 Å². The average molecular weight is 218 g/mol. The lowest BCUT2D eigenvalue weighted by Crippen LogP contribution is -2.36. The van der Waals surface area contributed by atoms with E-state index in [4.69, 9.17) is 0 Å².